The lowest BCUT2D eigenvalue weighted by Crippen LogP contribution is -2.41. The zero-order chi connectivity index (χ0) is 16.7. The van der Waals surface area contributed by atoms with Crippen molar-refractivity contribution in [3.05, 3.63) is 23.3 Å². The van der Waals surface area contributed by atoms with Gasteiger partial charge in [-0.2, -0.15) is 0 Å². The van der Waals surface area contributed by atoms with E-state index in [1.807, 2.05) is 6.92 Å². The quantitative estimate of drug-likeness (QED) is 0.770. The Balaban J connectivity index is 2.99. The molecule has 1 aromatic carbocycles. The molecule has 0 aliphatic heterocycles. The van der Waals surface area contributed by atoms with Crippen molar-refractivity contribution in [2.45, 2.75) is 39.2 Å². The van der Waals surface area contributed by atoms with Crippen molar-refractivity contribution < 1.29 is 24.2 Å². The fraction of sp³-hybridized carbons (Fsp3) is 0.500. The maximum Gasteiger partial charge on any atom is 0.326 e. The number of aliphatic carboxylic acids is 1. The standard InChI is InChI=1S/C16H23NO5/c1-5-6-7-12(16(19)20)17-15(18)11-9-14(22-4)13(21-3)8-10(11)2/h8-9,12H,5-7H2,1-4H3,(H,17,18)(H,19,20)/t12-/m0/s1. The van der Waals surface area contributed by atoms with Crippen LogP contribution < -0.4 is 14.8 Å². The molecule has 0 bridgehead atoms. The average Bonchev–Trinajstić information content (AvgIpc) is 2.50. The maximum absolute atomic E-state index is 12.3. The van der Waals surface area contributed by atoms with Gasteiger partial charge < -0.3 is 19.9 Å². The summed E-state index contributed by atoms with van der Waals surface area (Å²) in [6.07, 6.45) is 2.01. The second-order valence-electron chi connectivity index (χ2n) is 5.03. The third-order valence-electron chi connectivity index (χ3n) is 3.42. The molecule has 1 atom stereocenters. The molecule has 0 unspecified atom stereocenters. The second-order valence-corrected chi connectivity index (χ2v) is 5.03. The van der Waals surface area contributed by atoms with Gasteiger partial charge in [0.05, 0.1) is 14.2 Å². The fourth-order valence-electron chi connectivity index (χ4n) is 2.13. The van der Waals surface area contributed by atoms with Crippen molar-refractivity contribution in [3.8, 4) is 11.5 Å². The summed E-state index contributed by atoms with van der Waals surface area (Å²) in [4.78, 5) is 23.6. The minimum Gasteiger partial charge on any atom is -0.493 e. The number of nitrogens with one attached hydrogen (secondary N) is 1. The Morgan fingerprint density at radius 3 is 2.32 bits per heavy atom. The van der Waals surface area contributed by atoms with Gasteiger partial charge >= 0.3 is 5.97 Å². The summed E-state index contributed by atoms with van der Waals surface area (Å²) in [6, 6.07) is 2.36. The van der Waals surface area contributed by atoms with Crippen LogP contribution in [0.5, 0.6) is 11.5 Å². The Hall–Kier alpha value is -2.24. The number of benzene rings is 1. The molecule has 122 valence electrons. The number of methoxy groups -OCH3 is 2. The fourth-order valence-corrected chi connectivity index (χ4v) is 2.13. The Bertz CT molecular complexity index is 542. The first-order valence-corrected chi connectivity index (χ1v) is 7.20. The topological polar surface area (TPSA) is 84.9 Å². The lowest BCUT2D eigenvalue weighted by atomic mass is 10.1. The molecule has 0 heterocycles. The van der Waals surface area contributed by atoms with Gasteiger partial charge in [-0.1, -0.05) is 19.8 Å². The first kappa shape index (κ1) is 17.8. The predicted molar refractivity (Wildman–Crippen MR) is 82.7 cm³/mol. The third-order valence-corrected chi connectivity index (χ3v) is 3.42. The highest BCUT2D eigenvalue weighted by atomic mass is 16.5. The Morgan fingerprint density at radius 1 is 1.23 bits per heavy atom. The van der Waals surface area contributed by atoms with Gasteiger partial charge in [-0.15, -0.1) is 0 Å². The highest BCUT2D eigenvalue weighted by Crippen LogP contribution is 2.30. The van der Waals surface area contributed by atoms with Crippen LogP contribution in [0.1, 0.15) is 42.1 Å². The monoisotopic (exact) mass is 309 g/mol. The van der Waals surface area contributed by atoms with Crippen molar-refractivity contribution in [2.75, 3.05) is 14.2 Å². The van der Waals surface area contributed by atoms with Gasteiger partial charge in [-0.3, -0.25) is 4.79 Å². The minimum atomic E-state index is -1.03. The highest BCUT2D eigenvalue weighted by molar-refractivity contribution is 5.98. The summed E-state index contributed by atoms with van der Waals surface area (Å²) in [5.74, 6) is -0.502. The number of carboxylic acid groups (broad SMARTS) is 1. The molecular formula is C16H23NO5. The number of carbonyl (C=O) groups is 2. The third kappa shape index (κ3) is 4.38. The first-order chi connectivity index (χ1) is 10.4. The van der Waals surface area contributed by atoms with E-state index >= 15 is 0 Å². The smallest absolute Gasteiger partial charge is 0.326 e. The maximum atomic E-state index is 12.3. The molecule has 6 nitrogen and oxygen atoms in total. The number of unbranched alkanes of at least 4 members (excludes halogenated alkanes) is 1. The van der Waals surface area contributed by atoms with Crippen molar-refractivity contribution in [3.63, 3.8) is 0 Å². The SMILES string of the molecule is CCCC[C@H](NC(=O)c1cc(OC)c(OC)cc1C)C(=O)O. The van der Waals surface area contributed by atoms with Crippen LogP contribution in [0.25, 0.3) is 0 Å². The van der Waals surface area contributed by atoms with Gasteiger partial charge in [0.25, 0.3) is 5.91 Å². The van der Waals surface area contributed by atoms with E-state index in [1.54, 1.807) is 19.1 Å². The van der Waals surface area contributed by atoms with Crippen LogP contribution in [0, 0.1) is 6.92 Å². The molecule has 0 spiro atoms. The zero-order valence-corrected chi connectivity index (χ0v) is 13.4. The summed E-state index contributed by atoms with van der Waals surface area (Å²) < 4.78 is 10.4. The molecule has 1 rings (SSSR count). The number of ether oxygens (including phenoxy) is 2. The summed E-state index contributed by atoms with van der Waals surface area (Å²) in [6.45, 7) is 3.73. The van der Waals surface area contributed by atoms with Crippen molar-refractivity contribution in [1.29, 1.82) is 0 Å². The van der Waals surface area contributed by atoms with E-state index in [0.29, 0.717) is 29.0 Å². The molecule has 0 aromatic heterocycles. The first-order valence-electron chi connectivity index (χ1n) is 7.20. The number of rotatable bonds is 8. The lowest BCUT2D eigenvalue weighted by Gasteiger charge is -2.16. The molecular weight excluding hydrogens is 286 g/mol. The van der Waals surface area contributed by atoms with Crippen LogP contribution in [0.4, 0.5) is 0 Å². The van der Waals surface area contributed by atoms with Crippen molar-refractivity contribution >= 4 is 11.9 Å². The molecule has 6 heteroatoms. The molecule has 1 aromatic rings. The number of hydrogen-bond donors (Lipinski definition) is 2. The van der Waals surface area contributed by atoms with Gasteiger partial charge in [0.2, 0.25) is 0 Å². The van der Waals surface area contributed by atoms with Gasteiger partial charge in [0.15, 0.2) is 11.5 Å². The number of carbonyl (C=O) groups excluding carboxylic acids is 1. The normalized spacial score (nSPS) is 11.6. The van der Waals surface area contributed by atoms with Crippen LogP contribution in [-0.4, -0.2) is 37.2 Å². The van der Waals surface area contributed by atoms with E-state index in [4.69, 9.17) is 9.47 Å². The highest BCUT2D eigenvalue weighted by Gasteiger charge is 2.22. The summed E-state index contributed by atoms with van der Waals surface area (Å²) in [7, 11) is 3.00. The average molecular weight is 309 g/mol. The Kier molecular flexibility index (Phi) is 6.69. The molecule has 0 fully saturated rings. The van der Waals surface area contributed by atoms with E-state index in [0.717, 1.165) is 12.8 Å². The number of carboxylic acids is 1. The van der Waals surface area contributed by atoms with Gasteiger partial charge in [-0.05, 0) is 31.0 Å². The van der Waals surface area contributed by atoms with Crippen LogP contribution in [0.2, 0.25) is 0 Å². The second kappa shape index (κ2) is 8.26. The van der Waals surface area contributed by atoms with E-state index in [9.17, 15) is 14.7 Å². The van der Waals surface area contributed by atoms with Crippen LogP contribution in [0.3, 0.4) is 0 Å². The molecule has 0 saturated carbocycles. The van der Waals surface area contributed by atoms with Crippen molar-refractivity contribution in [2.24, 2.45) is 0 Å². The summed E-state index contributed by atoms with van der Waals surface area (Å²) >= 11 is 0. The number of aryl methyl sites for hydroxylation is 1. The molecule has 1 amide bonds. The van der Waals surface area contributed by atoms with E-state index < -0.39 is 17.9 Å². The van der Waals surface area contributed by atoms with Crippen LogP contribution >= 0.6 is 0 Å². The van der Waals surface area contributed by atoms with Gasteiger partial charge in [0.1, 0.15) is 6.04 Å². The molecule has 0 saturated heterocycles. The molecule has 22 heavy (non-hydrogen) atoms. The molecule has 0 aliphatic carbocycles. The Labute approximate surface area is 130 Å². The van der Waals surface area contributed by atoms with Crippen LogP contribution in [0.15, 0.2) is 12.1 Å². The zero-order valence-electron chi connectivity index (χ0n) is 13.4. The van der Waals surface area contributed by atoms with Crippen LogP contribution in [-0.2, 0) is 4.79 Å². The van der Waals surface area contributed by atoms with E-state index in [-0.39, 0.29) is 0 Å². The predicted octanol–water partition coefficient (Wildman–Crippen LogP) is 2.39. The number of amides is 1. The number of hydrogen-bond acceptors (Lipinski definition) is 4. The molecule has 0 radical (unpaired) electrons. The van der Waals surface area contributed by atoms with E-state index in [2.05, 4.69) is 5.32 Å². The molecule has 2 N–H and O–H groups in total. The van der Waals surface area contributed by atoms with E-state index in [1.165, 1.54) is 14.2 Å². The van der Waals surface area contributed by atoms with Crippen molar-refractivity contribution in [1.82, 2.24) is 5.32 Å². The van der Waals surface area contributed by atoms with Gasteiger partial charge in [-0.25, -0.2) is 4.79 Å². The summed E-state index contributed by atoms with van der Waals surface area (Å²) in [5, 5.41) is 11.8. The van der Waals surface area contributed by atoms with Gasteiger partial charge in [0, 0.05) is 5.56 Å². The molecule has 0 aliphatic rings. The Morgan fingerprint density at radius 2 is 1.82 bits per heavy atom. The lowest BCUT2D eigenvalue weighted by molar-refractivity contribution is -0.139. The minimum absolute atomic E-state index is 0.375. The largest absolute Gasteiger partial charge is 0.493 e. The summed E-state index contributed by atoms with van der Waals surface area (Å²) in [5.41, 5.74) is 1.06.